The van der Waals surface area contributed by atoms with Crippen molar-refractivity contribution in [3.05, 3.63) is 59.7 Å². The fourth-order valence-electron chi connectivity index (χ4n) is 1.97. The summed E-state index contributed by atoms with van der Waals surface area (Å²) in [5, 5.41) is 0. The van der Waals surface area contributed by atoms with Gasteiger partial charge in [-0.2, -0.15) is 0 Å². The van der Waals surface area contributed by atoms with E-state index in [4.69, 9.17) is 4.74 Å². The molecule has 1 amide bonds. The van der Waals surface area contributed by atoms with Gasteiger partial charge in [0, 0.05) is 18.3 Å². The van der Waals surface area contributed by atoms with E-state index in [2.05, 4.69) is 0 Å². The lowest BCUT2D eigenvalue weighted by molar-refractivity contribution is 0.0993. The molecule has 0 fully saturated rings. The summed E-state index contributed by atoms with van der Waals surface area (Å²) in [6, 6.07) is 15.0. The standard InChI is InChI=1S/C16H17NO2/c1-12-11-13(9-10-15(12)19-3)16(18)17(2)14-7-5-4-6-8-14/h4-11H,1-3H3. The first kappa shape index (κ1) is 13.1. The summed E-state index contributed by atoms with van der Waals surface area (Å²) in [6.07, 6.45) is 0. The molecule has 0 saturated carbocycles. The van der Waals surface area contributed by atoms with Gasteiger partial charge in [0.05, 0.1) is 7.11 Å². The normalized spacial score (nSPS) is 10.1. The van der Waals surface area contributed by atoms with E-state index in [0.717, 1.165) is 17.0 Å². The first-order valence-corrected chi connectivity index (χ1v) is 6.11. The Balaban J connectivity index is 2.27. The van der Waals surface area contributed by atoms with E-state index in [9.17, 15) is 4.79 Å². The number of aryl methyl sites for hydroxylation is 1. The summed E-state index contributed by atoms with van der Waals surface area (Å²) in [7, 11) is 3.40. The lowest BCUT2D eigenvalue weighted by Crippen LogP contribution is -2.26. The number of carbonyl (C=O) groups is 1. The van der Waals surface area contributed by atoms with Gasteiger partial charge in [-0.15, -0.1) is 0 Å². The number of benzene rings is 2. The van der Waals surface area contributed by atoms with E-state index in [1.807, 2.05) is 49.4 Å². The molecule has 0 atom stereocenters. The molecule has 2 rings (SSSR count). The molecular weight excluding hydrogens is 238 g/mol. The van der Waals surface area contributed by atoms with Gasteiger partial charge in [0.15, 0.2) is 0 Å². The summed E-state index contributed by atoms with van der Waals surface area (Å²) in [5.41, 5.74) is 2.49. The van der Waals surface area contributed by atoms with Gasteiger partial charge in [0.2, 0.25) is 0 Å². The molecule has 0 bridgehead atoms. The molecule has 0 N–H and O–H groups in total. The van der Waals surface area contributed by atoms with Gasteiger partial charge in [-0.3, -0.25) is 4.79 Å². The molecule has 0 spiro atoms. The number of methoxy groups -OCH3 is 1. The molecule has 0 heterocycles. The first-order chi connectivity index (χ1) is 9.13. The summed E-state index contributed by atoms with van der Waals surface area (Å²) < 4.78 is 5.20. The van der Waals surface area contributed by atoms with Crippen molar-refractivity contribution in [3.8, 4) is 5.75 Å². The van der Waals surface area contributed by atoms with Crippen LogP contribution in [0.5, 0.6) is 5.75 Å². The minimum absolute atomic E-state index is 0.0306. The highest BCUT2D eigenvalue weighted by Gasteiger charge is 2.14. The minimum atomic E-state index is -0.0306. The molecular formula is C16H17NO2. The molecule has 3 heteroatoms. The van der Waals surface area contributed by atoms with Crippen LogP contribution in [0.2, 0.25) is 0 Å². The number of ether oxygens (including phenoxy) is 1. The molecule has 98 valence electrons. The van der Waals surface area contributed by atoms with E-state index in [1.54, 1.807) is 25.1 Å². The van der Waals surface area contributed by atoms with E-state index < -0.39 is 0 Å². The number of nitrogens with zero attached hydrogens (tertiary/aromatic N) is 1. The Hall–Kier alpha value is -2.29. The number of hydrogen-bond acceptors (Lipinski definition) is 2. The molecule has 0 aliphatic carbocycles. The molecule has 0 aliphatic heterocycles. The number of rotatable bonds is 3. The van der Waals surface area contributed by atoms with Crippen molar-refractivity contribution in [1.82, 2.24) is 0 Å². The smallest absolute Gasteiger partial charge is 0.258 e. The van der Waals surface area contributed by atoms with E-state index in [1.165, 1.54) is 0 Å². The highest BCUT2D eigenvalue weighted by atomic mass is 16.5. The van der Waals surface area contributed by atoms with Crippen LogP contribution in [0.3, 0.4) is 0 Å². The van der Waals surface area contributed by atoms with Gasteiger partial charge >= 0.3 is 0 Å². The highest BCUT2D eigenvalue weighted by molar-refractivity contribution is 6.05. The molecule has 0 radical (unpaired) electrons. The molecule has 0 saturated heterocycles. The monoisotopic (exact) mass is 255 g/mol. The topological polar surface area (TPSA) is 29.5 Å². The molecule has 0 aliphatic rings. The maximum Gasteiger partial charge on any atom is 0.258 e. The third-order valence-electron chi connectivity index (χ3n) is 3.09. The number of hydrogen-bond donors (Lipinski definition) is 0. The molecule has 0 unspecified atom stereocenters. The lowest BCUT2D eigenvalue weighted by Gasteiger charge is -2.18. The van der Waals surface area contributed by atoms with E-state index in [0.29, 0.717) is 5.56 Å². The second kappa shape index (κ2) is 5.57. The zero-order valence-electron chi connectivity index (χ0n) is 11.4. The van der Waals surface area contributed by atoms with Crippen LogP contribution in [0, 0.1) is 6.92 Å². The van der Waals surface area contributed by atoms with Crippen LogP contribution in [0.15, 0.2) is 48.5 Å². The van der Waals surface area contributed by atoms with Crippen molar-refractivity contribution in [2.24, 2.45) is 0 Å². The summed E-state index contributed by atoms with van der Waals surface area (Å²) >= 11 is 0. The molecule has 19 heavy (non-hydrogen) atoms. The Labute approximate surface area is 113 Å². The van der Waals surface area contributed by atoms with Crippen molar-refractivity contribution < 1.29 is 9.53 Å². The van der Waals surface area contributed by atoms with Crippen LogP contribution in [0.4, 0.5) is 5.69 Å². The van der Waals surface area contributed by atoms with Crippen LogP contribution >= 0.6 is 0 Å². The van der Waals surface area contributed by atoms with Crippen LogP contribution in [0.25, 0.3) is 0 Å². The second-order valence-electron chi connectivity index (χ2n) is 4.38. The van der Waals surface area contributed by atoms with Crippen LogP contribution in [0.1, 0.15) is 15.9 Å². The average molecular weight is 255 g/mol. The maximum absolute atomic E-state index is 12.4. The second-order valence-corrected chi connectivity index (χ2v) is 4.38. The van der Waals surface area contributed by atoms with Gasteiger partial charge in [-0.25, -0.2) is 0 Å². The summed E-state index contributed by atoms with van der Waals surface area (Å²) in [6.45, 7) is 1.93. The van der Waals surface area contributed by atoms with E-state index >= 15 is 0 Å². The fraction of sp³-hybridized carbons (Fsp3) is 0.188. The van der Waals surface area contributed by atoms with Crippen molar-refractivity contribution in [1.29, 1.82) is 0 Å². The van der Waals surface area contributed by atoms with E-state index in [-0.39, 0.29) is 5.91 Å². The Morgan fingerprint density at radius 2 is 1.79 bits per heavy atom. The number of para-hydroxylation sites is 1. The third kappa shape index (κ3) is 2.76. The molecule has 3 nitrogen and oxygen atoms in total. The molecule has 2 aromatic rings. The molecule has 2 aromatic carbocycles. The predicted octanol–water partition coefficient (Wildman–Crippen LogP) is 3.28. The Kier molecular flexibility index (Phi) is 3.85. The Bertz CT molecular complexity index is 579. The zero-order chi connectivity index (χ0) is 13.8. The summed E-state index contributed by atoms with van der Waals surface area (Å²) in [5.74, 6) is 0.760. The largest absolute Gasteiger partial charge is 0.496 e. The minimum Gasteiger partial charge on any atom is -0.496 e. The van der Waals surface area contributed by atoms with Crippen LogP contribution in [-0.4, -0.2) is 20.1 Å². The highest BCUT2D eigenvalue weighted by Crippen LogP contribution is 2.21. The van der Waals surface area contributed by atoms with Crippen molar-refractivity contribution >= 4 is 11.6 Å². The fourth-order valence-corrected chi connectivity index (χ4v) is 1.97. The quantitative estimate of drug-likeness (QED) is 0.842. The van der Waals surface area contributed by atoms with Gasteiger partial charge in [-0.05, 0) is 42.8 Å². The number of carbonyl (C=O) groups excluding carboxylic acids is 1. The molecule has 0 aromatic heterocycles. The zero-order valence-corrected chi connectivity index (χ0v) is 11.4. The Morgan fingerprint density at radius 3 is 2.37 bits per heavy atom. The lowest BCUT2D eigenvalue weighted by atomic mass is 10.1. The third-order valence-corrected chi connectivity index (χ3v) is 3.09. The van der Waals surface area contributed by atoms with Gasteiger partial charge < -0.3 is 9.64 Å². The van der Waals surface area contributed by atoms with Gasteiger partial charge in [-0.1, -0.05) is 18.2 Å². The van der Waals surface area contributed by atoms with Crippen molar-refractivity contribution in [3.63, 3.8) is 0 Å². The average Bonchev–Trinajstić information content (AvgIpc) is 2.46. The van der Waals surface area contributed by atoms with Crippen molar-refractivity contribution in [2.75, 3.05) is 19.1 Å². The number of anilines is 1. The Morgan fingerprint density at radius 1 is 1.11 bits per heavy atom. The summed E-state index contributed by atoms with van der Waals surface area (Å²) in [4.78, 5) is 14.0. The number of amides is 1. The van der Waals surface area contributed by atoms with Crippen molar-refractivity contribution in [2.45, 2.75) is 6.92 Å². The SMILES string of the molecule is COc1ccc(C(=O)N(C)c2ccccc2)cc1C. The maximum atomic E-state index is 12.4. The van der Waals surface area contributed by atoms with Crippen LogP contribution < -0.4 is 9.64 Å². The first-order valence-electron chi connectivity index (χ1n) is 6.11. The van der Waals surface area contributed by atoms with Gasteiger partial charge in [0.1, 0.15) is 5.75 Å². The van der Waals surface area contributed by atoms with Crippen LogP contribution in [-0.2, 0) is 0 Å². The van der Waals surface area contributed by atoms with Gasteiger partial charge in [0.25, 0.3) is 5.91 Å². The predicted molar refractivity (Wildman–Crippen MR) is 76.9 cm³/mol.